The van der Waals surface area contributed by atoms with Crippen LogP contribution in [0.15, 0.2) is 0 Å². The van der Waals surface area contributed by atoms with Crippen LogP contribution in [-0.4, -0.2) is 65.6 Å². The van der Waals surface area contributed by atoms with Crippen LogP contribution in [0.25, 0.3) is 0 Å². The first-order chi connectivity index (χ1) is 11.2. The molecule has 0 saturated heterocycles. The zero-order chi connectivity index (χ0) is 18.7. The van der Waals surface area contributed by atoms with Gasteiger partial charge in [0, 0.05) is 12.2 Å². The topological polar surface area (TPSA) is 194 Å². The van der Waals surface area contributed by atoms with Crippen molar-refractivity contribution in [3.8, 4) is 0 Å². The molecule has 2 atom stereocenters. The van der Waals surface area contributed by atoms with Crippen molar-refractivity contribution < 1.29 is 29.1 Å². The Morgan fingerprint density at radius 3 is 2.08 bits per heavy atom. The summed E-state index contributed by atoms with van der Waals surface area (Å²) >= 11 is 3.78. The Labute approximate surface area is 143 Å². The number of carbonyl (C=O) groups excluding carboxylic acids is 4. The molecular weight excluding hydrogens is 342 g/mol. The maximum atomic E-state index is 12.0. The number of nitrogens with two attached hydrogens (primary N) is 2. The smallest absolute Gasteiger partial charge is 0.327 e. The molecule has 0 rings (SSSR count). The molecule has 0 aliphatic carbocycles. The largest absolute Gasteiger partial charge is 0.480 e. The highest BCUT2D eigenvalue weighted by atomic mass is 32.1. The second-order valence-corrected chi connectivity index (χ2v) is 5.05. The third-order valence-corrected chi connectivity index (χ3v) is 3.12. The molecule has 24 heavy (non-hydrogen) atoms. The van der Waals surface area contributed by atoms with Crippen molar-refractivity contribution in [1.82, 2.24) is 16.0 Å². The minimum absolute atomic E-state index is 0.0666. The van der Waals surface area contributed by atoms with E-state index in [0.29, 0.717) is 0 Å². The van der Waals surface area contributed by atoms with Gasteiger partial charge < -0.3 is 32.5 Å². The third kappa shape index (κ3) is 8.95. The van der Waals surface area contributed by atoms with E-state index < -0.39 is 48.2 Å². The molecule has 0 spiro atoms. The lowest BCUT2D eigenvalue weighted by atomic mass is 10.1. The molecule has 136 valence electrons. The summed E-state index contributed by atoms with van der Waals surface area (Å²) in [7, 11) is 0. The molecule has 0 aromatic carbocycles. The Bertz CT molecular complexity index is 500. The first-order valence-electron chi connectivity index (χ1n) is 6.89. The summed E-state index contributed by atoms with van der Waals surface area (Å²) in [6.45, 7) is -0.870. The highest BCUT2D eigenvalue weighted by Gasteiger charge is 2.22. The van der Waals surface area contributed by atoms with Crippen LogP contribution in [0.1, 0.15) is 12.8 Å². The van der Waals surface area contributed by atoms with Crippen molar-refractivity contribution in [2.75, 3.05) is 18.8 Å². The van der Waals surface area contributed by atoms with Gasteiger partial charge in [-0.25, -0.2) is 4.79 Å². The second-order valence-electron chi connectivity index (χ2n) is 4.69. The number of hydrogen-bond acceptors (Lipinski definition) is 7. The number of rotatable bonds is 11. The van der Waals surface area contributed by atoms with E-state index in [2.05, 4.69) is 28.6 Å². The van der Waals surface area contributed by atoms with Crippen LogP contribution in [0.5, 0.6) is 0 Å². The molecule has 0 heterocycles. The molecule has 0 unspecified atom stereocenters. The van der Waals surface area contributed by atoms with Crippen LogP contribution in [0, 0.1) is 0 Å². The molecule has 0 fully saturated rings. The molecular formula is C12H21N5O6S. The van der Waals surface area contributed by atoms with Gasteiger partial charge in [-0.2, -0.15) is 12.6 Å². The van der Waals surface area contributed by atoms with Gasteiger partial charge in [-0.1, -0.05) is 0 Å². The zero-order valence-corrected chi connectivity index (χ0v) is 13.7. The summed E-state index contributed by atoms with van der Waals surface area (Å²) in [5.41, 5.74) is 10.1. The molecule has 8 N–H and O–H groups in total. The second kappa shape index (κ2) is 11.2. The lowest BCUT2D eigenvalue weighted by molar-refractivity contribution is -0.141. The maximum absolute atomic E-state index is 12.0. The average Bonchev–Trinajstić information content (AvgIpc) is 2.53. The van der Waals surface area contributed by atoms with E-state index in [1.807, 2.05) is 0 Å². The lowest BCUT2D eigenvalue weighted by Gasteiger charge is -2.18. The number of aliphatic carboxylic acids is 1. The van der Waals surface area contributed by atoms with Gasteiger partial charge in [0.15, 0.2) is 0 Å². The highest BCUT2D eigenvalue weighted by molar-refractivity contribution is 7.80. The Kier molecular flexibility index (Phi) is 10.1. The average molecular weight is 363 g/mol. The van der Waals surface area contributed by atoms with Gasteiger partial charge in [0.2, 0.25) is 23.6 Å². The van der Waals surface area contributed by atoms with Gasteiger partial charge in [-0.15, -0.1) is 0 Å². The van der Waals surface area contributed by atoms with E-state index in [0.717, 1.165) is 0 Å². The van der Waals surface area contributed by atoms with Gasteiger partial charge in [-0.05, 0) is 6.42 Å². The van der Waals surface area contributed by atoms with E-state index >= 15 is 0 Å². The molecule has 0 aromatic rings. The van der Waals surface area contributed by atoms with Gasteiger partial charge in [0.25, 0.3) is 0 Å². The molecule has 0 aromatic heterocycles. The molecule has 12 heteroatoms. The molecule has 0 aliphatic rings. The predicted molar refractivity (Wildman–Crippen MR) is 85.8 cm³/mol. The minimum atomic E-state index is -1.26. The first kappa shape index (κ1) is 21.7. The molecule has 0 radical (unpaired) electrons. The Morgan fingerprint density at radius 2 is 1.62 bits per heavy atom. The number of carboxylic acid groups (broad SMARTS) is 1. The fourth-order valence-electron chi connectivity index (χ4n) is 1.53. The SMILES string of the molecule is NCC(=O)N[C@@H](CCC(N)=O)C(=O)NCC(=O)N[C@@H](CS)C(=O)O. The van der Waals surface area contributed by atoms with Crippen LogP contribution >= 0.6 is 12.6 Å². The third-order valence-electron chi connectivity index (χ3n) is 2.76. The van der Waals surface area contributed by atoms with Gasteiger partial charge >= 0.3 is 5.97 Å². The van der Waals surface area contributed by atoms with Gasteiger partial charge in [-0.3, -0.25) is 19.2 Å². The number of hydrogen-bond donors (Lipinski definition) is 7. The summed E-state index contributed by atoms with van der Waals surface area (Å²) in [6, 6.07) is -2.29. The van der Waals surface area contributed by atoms with Crippen molar-refractivity contribution in [3.05, 3.63) is 0 Å². The van der Waals surface area contributed by atoms with Crippen molar-refractivity contribution in [2.45, 2.75) is 24.9 Å². The number of nitrogens with one attached hydrogen (secondary N) is 3. The van der Waals surface area contributed by atoms with Crippen molar-refractivity contribution in [1.29, 1.82) is 0 Å². The first-order valence-corrected chi connectivity index (χ1v) is 7.53. The van der Waals surface area contributed by atoms with Gasteiger partial charge in [0.1, 0.15) is 12.1 Å². The van der Waals surface area contributed by atoms with E-state index in [-0.39, 0.29) is 25.1 Å². The number of primary amides is 1. The van der Waals surface area contributed by atoms with Crippen LogP contribution in [-0.2, 0) is 24.0 Å². The molecule has 4 amide bonds. The summed E-state index contributed by atoms with van der Waals surface area (Å²) in [6.07, 6.45) is -0.223. The predicted octanol–water partition coefficient (Wildman–Crippen LogP) is -3.69. The van der Waals surface area contributed by atoms with Crippen molar-refractivity contribution in [3.63, 3.8) is 0 Å². The summed E-state index contributed by atoms with van der Waals surface area (Å²) in [5, 5.41) is 15.5. The fraction of sp³-hybridized carbons (Fsp3) is 0.583. The number of thiol groups is 1. The van der Waals surface area contributed by atoms with Crippen LogP contribution < -0.4 is 27.4 Å². The van der Waals surface area contributed by atoms with E-state index in [4.69, 9.17) is 16.6 Å². The molecule has 0 bridgehead atoms. The van der Waals surface area contributed by atoms with Crippen molar-refractivity contribution >= 4 is 42.2 Å². The normalized spacial score (nSPS) is 12.6. The summed E-state index contributed by atoms with van der Waals surface area (Å²) in [5.74, 6) is -4.15. The van der Waals surface area contributed by atoms with Crippen LogP contribution in [0.3, 0.4) is 0 Å². The molecule has 0 saturated carbocycles. The molecule has 11 nitrogen and oxygen atoms in total. The lowest BCUT2D eigenvalue weighted by Crippen LogP contribution is -2.52. The summed E-state index contributed by atoms with van der Waals surface area (Å²) in [4.78, 5) is 56.4. The number of carboxylic acids is 1. The van der Waals surface area contributed by atoms with E-state index in [9.17, 15) is 24.0 Å². The maximum Gasteiger partial charge on any atom is 0.327 e. The number of carbonyl (C=O) groups is 5. The van der Waals surface area contributed by atoms with E-state index in [1.165, 1.54) is 0 Å². The quantitative estimate of drug-likeness (QED) is 0.183. The summed E-state index contributed by atoms with van der Waals surface area (Å²) < 4.78 is 0. The highest BCUT2D eigenvalue weighted by Crippen LogP contribution is 1.97. The fourth-order valence-corrected chi connectivity index (χ4v) is 1.78. The standard InChI is InChI=1S/C12H21N5O6S/c13-3-9(19)16-6(1-2-8(14)18)11(21)15-4-10(20)17-7(5-24)12(22)23/h6-7,24H,1-5,13H2,(H2,14,18)(H,15,21)(H,16,19)(H,17,20)(H,22,23)/t6-,7-/m0/s1. The van der Waals surface area contributed by atoms with Crippen LogP contribution in [0.4, 0.5) is 0 Å². The Morgan fingerprint density at radius 1 is 1.04 bits per heavy atom. The van der Waals surface area contributed by atoms with E-state index in [1.54, 1.807) is 0 Å². The Balaban J connectivity index is 4.57. The number of amides is 4. The molecule has 0 aliphatic heterocycles. The van der Waals surface area contributed by atoms with Crippen LogP contribution in [0.2, 0.25) is 0 Å². The Hall–Kier alpha value is -2.34. The monoisotopic (exact) mass is 363 g/mol. The van der Waals surface area contributed by atoms with Gasteiger partial charge in [0.05, 0.1) is 13.1 Å². The van der Waals surface area contributed by atoms with Crippen molar-refractivity contribution in [2.24, 2.45) is 11.5 Å². The minimum Gasteiger partial charge on any atom is -0.480 e. The zero-order valence-electron chi connectivity index (χ0n) is 12.8.